The molecular weight excluding hydrogens is 370 g/mol. The maximum atomic E-state index is 12.4. The summed E-state index contributed by atoms with van der Waals surface area (Å²) in [4.78, 5) is 33.0. The predicted molar refractivity (Wildman–Crippen MR) is 96.9 cm³/mol. The summed E-state index contributed by atoms with van der Waals surface area (Å²) in [5.74, 6) is -0.543. The molecule has 0 aliphatic rings. The van der Waals surface area contributed by atoms with Gasteiger partial charge in [-0.2, -0.15) is 10.2 Å². The zero-order valence-electron chi connectivity index (χ0n) is 14.6. The monoisotopic (exact) mass is 385 g/mol. The molecule has 0 unspecified atom stereocenters. The number of thiazole rings is 1. The summed E-state index contributed by atoms with van der Waals surface area (Å²) in [5, 5.41) is 11.1. The van der Waals surface area contributed by atoms with Crippen molar-refractivity contribution < 1.29 is 9.53 Å². The third-order valence-corrected chi connectivity index (χ3v) is 4.84. The summed E-state index contributed by atoms with van der Waals surface area (Å²) in [5.41, 5.74) is 1.68. The highest BCUT2D eigenvalue weighted by molar-refractivity contribution is 7.13. The number of rotatable bonds is 5. The highest BCUT2D eigenvalue weighted by Crippen LogP contribution is 2.23. The molecule has 4 heterocycles. The highest BCUT2D eigenvalue weighted by Gasteiger charge is 2.13. The zero-order valence-corrected chi connectivity index (χ0v) is 15.4. The van der Waals surface area contributed by atoms with Crippen LogP contribution in [0.3, 0.4) is 0 Å². The molecule has 0 aliphatic carbocycles. The number of fused-ring (bicyclic) bond motifs is 1. The fourth-order valence-corrected chi connectivity index (χ4v) is 3.34. The molecule has 0 atom stereocenters. The topological polar surface area (TPSA) is 110 Å². The van der Waals surface area contributed by atoms with Gasteiger partial charge in [0.05, 0.1) is 18.1 Å². The van der Waals surface area contributed by atoms with Gasteiger partial charge in [0.15, 0.2) is 5.65 Å². The number of nitrogens with zero attached hydrogens (tertiary/aromatic N) is 7. The molecule has 0 radical (unpaired) electrons. The lowest BCUT2D eigenvalue weighted by Gasteiger charge is -2.05. The summed E-state index contributed by atoms with van der Waals surface area (Å²) in [6, 6.07) is 0. The van der Waals surface area contributed by atoms with Crippen LogP contribution >= 0.6 is 11.3 Å². The lowest BCUT2D eigenvalue weighted by molar-refractivity contribution is -0.145. The first-order chi connectivity index (χ1) is 13.0. The number of esters is 1. The van der Waals surface area contributed by atoms with Crippen LogP contribution in [0.15, 0.2) is 35.1 Å². The molecule has 0 N–H and O–H groups in total. The number of hydrogen-bond acceptors (Lipinski definition) is 8. The van der Waals surface area contributed by atoms with Crippen LogP contribution in [-0.2, 0) is 36.8 Å². The Labute approximate surface area is 156 Å². The van der Waals surface area contributed by atoms with Crippen LogP contribution in [0.2, 0.25) is 0 Å². The quantitative estimate of drug-likeness (QED) is 0.466. The van der Waals surface area contributed by atoms with E-state index in [4.69, 9.17) is 4.74 Å². The summed E-state index contributed by atoms with van der Waals surface area (Å²) in [6.07, 6.45) is 6.34. The highest BCUT2D eigenvalue weighted by atomic mass is 32.1. The van der Waals surface area contributed by atoms with Crippen molar-refractivity contribution in [1.82, 2.24) is 34.1 Å². The van der Waals surface area contributed by atoms with E-state index in [0.717, 1.165) is 10.6 Å². The molecule has 0 fully saturated rings. The van der Waals surface area contributed by atoms with E-state index in [0.29, 0.717) is 16.7 Å². The molecule has 0 saturated heterocycles. The first-order valence-electron chi connectivity index (χ1n) is 7.97. The molecule has 0 aromatic carbocycles. The van der Waals surface area contributed by atoms with Gasteiger partial charge < -0.3 is 4.74 Å². The van der Waals surface area contributed by atoms with Gasteiger partial charge in [0.2, 0.25) is 0 Å². The van der Waals surface area contributed by atoms with Crippen LogP contribution in [0.25, 0.3) is 21.6 Å². The maximum absolute atomic E-state index is 12.4. The Morgan fingerprint density at radius 1 is 1.26 bits per heavy atom. The lowest BCUT2D eigenvalue weighted by atomic mass is 10.4. The fraction of sp³-hybridized carbons (Fsp3) is 0.250. The maximum Gasteiger partial charge on any atom is 0.326 e. The minimum absolute atomic E-state index is 0.0346. The van der Waals surface area contributed by atoms with Gasteiger partial charge in [0.25, 0.3) is 5.56 Å². The molecule has 0 amide bonds. The Morgan fingerprint density at radius 2 is 2.11 bits per heavy atom. The van der Waals surface area contributed by atoms with Crippen molar-refractivity contribution in [3.63, 3.8) is 0 Å². The SMILES string of the molecule is Cn1cc(-c2nc(COC(=O)Cn3cnc4c(cnn4C)c3=O)cs2)cn1. The van der Waals surface area contributed by atoms with E-state index in [-0.39, 0.29) is 18.7 Å². The lowest BCUT2D eigenvalue weighted by Crippen LogP contribution is -2.25. The van der Waals surface area contributed by atoms with Gasteiger partial charge in [-0.3, -0.25) is 23.5 Å². The minimum Gasteiger partial charge on any atom is -0.458 e. The molecule has 4 aromatic rings. The molecular formula is C16H15N7O3S. The Morgan fingerprint density at radius 3 is 2.89 bits per heavy atom. The molecule has 0 saturated carbocycles. The Balaban J connectivity index is 1.41. The molecule has 27 heavy (non-hydrogen) atoms. The van der Waals surface area contributed by atoms with Crippen molar-refractivity contribution in [3.05, 3.63) is 46.3 Å². The van der Waals surface area contributed by atoms with Gasteiger partial charge in [-0.25, -0.2) is 9.97 Å². The van der Waals surface area contributed by atoms with Gasteiger partial charge >= 0.3 is 5.97 Å². The Kier molecular flexibility index (Phi) is 4.28. The first-order valence-corrected chi connectivity index (χ1v) is 8.85. The van der Waals surface area contributed by atoms with Crippen LogP contribution in [0, 0.1) is 0 Å². The van der Waals surface area contributed by atoms with E-state index < -0.39 is 5.97 Å². The van der Waals surface area contributed by atoms with E-state index in [1.807, 2.05) is 18.6 Å². The molecule has 0 bridgehead atoms. The van der Waals surface area contributed by atoms with E-state index in [2.05, 4.69) is 20.2 Å². The van der Waals surface area contributed by atoms with Crippen LogP contribution < -0.4 is 5.56 Å². The average Bonchev–Trinajstić information content (AvgIpc) is 3.36. The molecule has 10 nitrogen and oxygen atoms in total. The molecule has 0 aliphatic heterocycles. The zero-order chi connectivity index (χ0) is 19.0. The summed E-state index contributed by atoms with van der Waals surface area (Å²) in [6.45, 7) is -0.191. The standard InChI is InChI=1S/C16H15N7O3S/c1-21-5-10(3-18-21)15-20-11(8-27-15)7-26-13(24)6-23-9-17-14-12(16(23)25)4-19-22(14)2/h3-5,8-9H,6-7H2,1-2H3. The van der Waals surface area contributed by atoms with Gasteiger partial charge in [-0.1, -0.05) is 0 Å². The van der Waals surface area contributed by atoms with E-state index >= 15 is 0 Å². The largest absolute Gasteiger partial charge is 0.458 e. The van der Waals surface area contributed by atoms with E-state index in [1.54, 1.807) is 17.9 Å². The Bertz CT molecular complexity index is 1190. The number of ether oxygens (including phenoxy) is 1. The van der Waals surface area contributed by atoms with Crippen LogP contribution in [0.4, 0.5) is 0 Å². The Hall–Kier alpha value is -3.34. The third-order valence-electron chi connectivity index (χ3n) is 3.90. The second kappa shape index (κ2) is 6.76. The number of aromatic nitrogens is 7. The predicted octanol–water partition coefficient (Wildman–Crippen LogP) is 0.730. The van der Waals surface area contributed by atoms with Gasteiger partial charge in [0.1, 0.15) is 29.9 Å². The van der Waals surface area contributed by atoms with Gasteiger partial charge in [0, 0.05) is 31.2 Å². The molecule has 4 aromatic heterocycles. The summed E-state index contributed by atoms with van der Waals surface area (Å²) >= 11 is 1.45. The normalized spacial score (nSPS) is 11.2. The smallest absolute Gasteiger partial charge is 0.326 e. The fourth-order valence-electron chi connectivity index (χ4n) is 2.56. The number of aryl methyl sites for hydroxylation is 2. The van der Waals surface area contributed by atoms with Gasteiger partial charge in [-0.15, -0.1) is 11.3 Å². The van der Waals surface area contributed by atoms with E-state index in [9.17, 15) is 9.59 Å². The number of carbonyl (C=O) groups excluding carboxylic acids is 1. The molecule has 0 spiro atoms. The first kappa shape index (κ1) is 17.1. The second-order valence-corrected chi connectivity index (χ2v) is 6.75. The molecule has 138 valence electrons. The van der Waals surface area contributed by atoms with Crippen molar-refractivity contribution >= 4 is 28.3 Å². The number of hydrogen-bond donors (Lipinski definition) is 0. The third kappa shape index (κ3) is 3.36. The van der Waals surface area contributed by atoms with Crippen molar-refractivity contribution in [1.29, 1.82) is 0 Å². The van der Waals surface area contributed by atoms with Gasteiger partial charge in [-0.05, 0) is 0 Å². The van der Waals surface area contributed by atoms with Crippen molar-refractivity contribution in [2.24, 2.45) is 14.1 Å². The summed E-state index contributed by atoms with van der Waals surface area (Å²) in [7, 11) is 3.53. The van der Waals surface area contributed by atoms with Crippen LogP contribution in [-0.4, -0.2) is 40.1 Å². The van der Waals surface area contributed by atoms with Crippen molar-refractivity contribution in [3.8, 4) is 10.6 Å². The molecule has 11 heteroatoms. The summed E-state index contributed by atoms with van der Waals surface area (Å²) < 4.78 is 9.63. The minimum atomic E-state index is -0.543. The molecule has 4 rings (SSSR count). The van der Waals surface area contributed by atoms with Crippen LogP contribution in [0.5, 0.6) is 0 Å². The van der Waals surface area contributed by atoms with E-state index in [1.165, 1.54) is 33.1 Å². The van der Waals surface area contributed by atoms with Crippen molar-refractivity contribution in [2.45, 2.75) is 13.2 Å². The second-order valence-electron chi connectivity index (χ2n) is 5.89. The van der Waals surface area contributed by atoms with Crippen molar-refractivity contribution in [2.75, 3.05) is 0 Å². The van der Waals surface area contributed by atoms with Crippen LogP contribution in [0.1, 0.15) is 5.69 Å². The number of carbonyl (C=O) groups is 1. The average molecular weight is 385 g/mol.